The van der Waals surface area contributed by atoms with Crippen LogP contribution in [0, 0.1) is 6.92 Å². The number of β-amino-alcohol motifs (C(OH)–C–C–N with tert-alkyl or cyclic N) is 1. The van der Waals surface area contributed by atoms with Crippen LogP contribution in [0.25, 0.3) is 22.0 Å². The number of aliphatic hydroxyl groups excluding tert-OH is 1. The van der Waals surface area contributed by atoms with E-state index in [1.807, 2.05) is 30.5 Å². The third kappa shape index (κ3) is 4.90. The Morgan fingerprint density at radius 1 is 1.10 bits per heavy atom. The van der Waals surface area contributed by atoms with Crippen molar-refractivity contribution in [3.8, 4) is 22.6 Å². The number of nitrogens with zero attached hydrogens (tertiary/aromatic N) is 2. The van der Waals surface area contributed by atoms with E-state index >= 15 is 0 Å². The summed E-state index contributed by atoms with van der Waals surface area (Å²) in [5.41, 5.74) is 4.11. The number of rotatable bonds is 7. The number of hydrogen-bond donors (Lipinski definition) is 1. The van der Waals surface area contributed by atoms with E-state index in [2.05, 4.69) is 35.0 Å². The van der Waals surface area contributed by atoms with Gasteiger partial charge in [0.05, 0.1) is 25.8 Å². The van der Waals surface area contributed by atoms with Gasteiger partial charge in [0.1, 0.15) is 24.2 Å². The number of methoxy groups -OCH3 is 1. The lowest BCUT2D eigenvalue weighted by Crippen LogP contribution is -2.42. The molecule has 0 amide bonds. The van der Waals surface area contributed by atoms with Crippen LogP contribution in [0.1, 0.15) is 5.56 Å². The number of aryl methyl sites for hydroxylation is 1. The monoisotopic (exact) mass is 408 g/mol. The average Bonchev–Trinajstić information content (AvgIpc) is 2.78. The highest BCUT2D eigenvalue weighted by Gasteiger charge is 2.16. The summed E-state index contributed by atoms with van der Waals surface area (Å²) in [6, 6.07) is 14.1. The van der Waals surface area contributed by atoms with Gasteiger partial charge in [0, 0.05) is 42.8 Å². The predicted octanol–water partition coefficient (Wildman–Crippen LogP) is 3.29. The van der Waals surface area contributed by atoms with Crippen molar-refractivity contribution in [1.29, 1.82) is 0 Å². The molecule has 0 spiro atoms. The summed E-state index contributed by atoms with van der Waals surface area (Å²) in [5.74, 6) is 1.37. The van der Waals surface area contributed by atoms with Crippen LogP contribution in [0.3, 0.4) is 0 Å². The zero-order valence-corrected chi connectivity index (χ0v) is 17.5. The molecule has 158 valence electrons. The fourth-order valence-electron chi connectivity index (χ4n) is 3.74. The van der Waals surface area contributed by atoms with Crippen molar-refractivity contribution in [1.82, 2.24) is 9.88 Å². The van der Waals surface area contributed by atoms with E-state index in [1.165, 1.54) is 0 Å². The van der Waals surface area contributed by atoms with Gasteiger partial charge in [-0.05, 0) is 36.2 Å². The van der Waals surface area contributed by atoms with E-state index < -0.39 is 6.10 Å². The van der Waals surface area contributed by atoms with Crippen LogP contribution in [-0.2, 0) is 4.74 Å². The molecule has 2 heterocycles. The van der Waals surface area contributed by atoms with Crippen molar-refractivity contribution in [3.05, 3.63) is 54.2 Å². The number of aliphatic hydroxyl groups is 1. The molecule has 0 saturated carbocycles. The molecule has 0 bridgehead atoms. The summed E-state index contributed by atoms with van der Waals surface area (Å²) in [6.45, 7) is 5.98. The van der Waals surface area contributed by atoms with Gasteiger partial charge >= 0.3 is 0 Å². The first kappa shape index (κ1) is 20.6. The van der Waals surface area contributed by atoms with Crippen LogP contribution in [-0.4, -0.2) is 67.7 Å². The van der Waals surface area contributed by atoms with Crippen molar-refractivity contribution in [3.63, 3.8) is 0 Å². The van der Waals surface area contributed by atoms with E-state index in [4.69, 9.17) is 14.2 Å². The Bertz CT molecular complexity index is 1000. The van der Waals surface area contributed by atoms with Gasteiger partial charge in [-0.25, -0.2) is 0 Å². The first-order chi connectivity index (χ1) is 14.6. The molecule has 6 nitrogen and oxygen atoms in total. The Kier molecular flexibility index (Phi) is 6.47. The van der Waals surface area contributed by atoms with Gasteiger partial charge in [0.2, 0.25) is 0 Å². The molecule has 1 atom stereocenters. The summed E-state index contributed by atoms with van der Waals surface area (Å²) >= 11 is 0. The Hall–Kier alpha value is -2.67. The number of ether oxygens (including phenoxy) is 3. The molecule has 6 heteroatoms. The molecular formula is C24H28N2O4. The first-order valence-corrected chi connectivity index (χ1v) is 10.3. The Morgan fingerprint density at radius 3 is 2.70 bits per heavy atom. The molecule has 1 unspecified atom stereocenters. The zero-order chi connectivity index (χ0) is 20.9. The van der Waals surface area contributed by atoms with E-state index in [-0.39, 0.29) is 6.61 Å². The van der Waals surface area contributed by atoms with Gasteiger partial charge in [0.25, 0.3) is 0 Å². The minimum Gasteiger partial charge on any atom is -0.497 e. The number of hydrogen-bond acceptors (Lipinski definition) is 6. The van der Waals surface area contributed by atoms with E-state index in [1.54, 1.807) is 7.11 Å². The largest absolute Gasteiger partial charge is 0.497 e. The third-order valence-electron chi connectivity index (χ3n) is 5.38. The molecule has 1 saturated heterocycles. The SMILES string of the molecule is COc1cc(OCC(O)CN2CCOCC2)cc(-c2cnc3c(C)cccc3c2)c1. The lowest BCUT2D eigenvalue weighted by molar-refractivity contribution is 0.00464. The minimum absolute atomic E-state index is 0.221. The van der Waals surface area contributed by atoms with Crippen molar-refractivity contribution in [2.45, 2.75) is 13.0 Å². The smallest absolute Gasteiger partial charge is 0.123 e. The van der Waals surface area contributed by atoms with Gasteiger partial charge in [-0.15, -0.1) is 0 Å². The van der Waals surface area contributed by atoms with Crippen LogP contribution < -0.4 is 9.47 Å². The van der Waals surface area contributed by atoms with E-state index in [9.17, 15) is 5.11 Å². The third-order valence-corrected chi connectivity index (χ3v) is 5.38. The Morgan fingerprint density at radius 2 is 1.90 bits per heavy atom. The van der Waals surface area contributed by atoms with Crippen LogP contribution in [0.4, 0.5) is 0 Å². The van der Waals surface area contributed by atoms with Gasteiger partial charge < -0.3 is 19.3 Å². The van der Waals surface area contributed by atoms with Crippen LogP contribution in [0.15, 0.2) is 48.7 Å². The van der Waals surface area contributed by atoms with E-state index in [0.717, 1.165) is 40.7 Å². The minimum atomic E-state index is -0.567. The molecule has 30 heavy (non-hydrogen) atoms. The van der Waals surface area contributed by atoms with Crippen molar-refractivity contribution in [2.75, 3.05) is 46.6 Å². The lowest BCUT2D eigenvalue weighted by atomic mass is 10.0. The maximum Gasteiger partial charge on any atom is 0.123 e. The predicted molar refractivity (Wildman–Crippen MR) is 117 cm³/mol. The van der Waals surface area contributed by atoms with Crippen LogP contribution in [0.5, 0.6) is 11.5 Å². The molecule has 1 aliphatic heterocycles. The van der Waals surface area contributed by atoms with Crippen molar-refractivity contribution < 1.29 is 19.3 Å². The molecule has 1 aromatic heterocycles. The summed E-state index contributed by atoms with van der Waals surface area (Å²) < 4.78 is 16.7. The summed E-state index contributed by atoms with van der Waals surface area (Å²) in [7, 11) is 1.64. The molecule has 0 aliphatic carbocycles. The summed E-state index contributed by atoms with van der Waals surface area (Å²) in [4.78, 5) is 6.84. The van der Waals surface area contributed by atoms with E-state index in [0.29, 0.717) is 31.3 Å². The molecule has 1 aliphatic rings. The highest BCUT2D eigenvalue weighted by Crippen LogP contribution is 2.31. The highest BCUT2D eigenvalue weighted by atomic mass is 16.5. The average molecular weight is 408 g/mol. The van der Waals surface area contributed by atoms with Crippen molar-refractivity contribution in [2.24, 2.45) is 0 Å². The second-order valence-corrected chi connectivity index (χ2v) is 7.65. The van der Waals surface area contributed by atoms with Crippen LogP contribution in [0.2, 0.25) is 0 Å². The topological polar surface area (TPSA) is 64.0 Å². The van der Waals surface area contributed by atoms with Gasteiger partial charge in [-0.3, -0.25) is 9.88 Å². The molecule has 0 radical (unpaired) electrons. The maximum absolute atomic E-state index is 10.4. The molecule has 1 N–H and O–H groups in total. The zero-order valence-electron chi connectivity index (χ0n) is 17.5. The second kappa shape index (κ2) is 9.43. The fourth-order valence-corrected chi connectivity index (χ4v) is 3.74. The van der Waals surface area contributed by atoms with Crippen LogP contribution >= 0.6 is 0 Å². The highest BCUT2D eigenvalue weighted by molar-refractivity contribution is 5.86. The van der Waals surface area contributed by atoms with Gasteiger partial charge in [-0.2, -0.15) is 0 Å². The summed E-state index contributed by atoms with van der Waals surface area (Å²) in [5, 5.41) is 11.5. The number of pyridine rings is 1. The first-order valence-electron chi connectivity index (χ1n) is 10.3. The number of fused-ring (bicyclic) bond motifs is 1. The van der Waals surface area contributed by atoms with Crippen molar-refractivity contribution >= 4 is 10.9 Å². The fraction of sp³-hybridized carbons (Fsp3) is 0.375. The Labute approximate surface area is 177 Å². The maximum atomic E-state index is 10.4. The standard InChI is InChI=1S/C24H28N2O4/c1-17-4-3-5-18-10-20(14-25-24(17)18)19-11-22(28-2)13-23(12-19)30-16-21(27)15-26-6-8-29-9-7-26/h3-5,10-14,21,27H,6-9,15-16H2,1-2H3. The number of para-hydroxylation sites is 1. The summed E-state index contributed by atoms with van der Waals surface area (Å²) in [6.07, 6.45) is 1.31. The quantitative estimate of drug-likeness (QED) is 0.647. The normalized spacial score (nSPS) is 15.8. The number of aromatic nitrogens is 1. The number of benzene rings is 2. The molecular weight excluding hydrogens is 380 g/mol. The lowest BCUT2D eigenvalue weighted by Gasteiger charge is -2.28. The molecule has 1 fully saturated rings. The molecule has 4 rings (SSSR count). The second-order valence-electron chi connectivity index (χ2n) is 7.65. The van der Waals surface area contributed by atoms with Gasteiger partial charge in [0.15, 0.2) is 0 Å². The molecule has 3 aromatic rings. The molecule has 2 aromatic carbocycles. The number of morpholine rings is 1. The Balaban J connectivity index is 1.50. The van der Waals surface area contributed by atoms with Gasteiger partial charge in [-0.1, -0.05) is 18.2 Å².